The zero-order valence-electron chi connectivity index (χ0n) is 10.5. The standard InChI is InChI=1S/C11H15N5O2S/c1-2-16-9(12)8(10(17)15-11(16)18)14-4-3-7-13-5-6-19-7/h5-6,14H,2-4,12H2,1H3,(H,15,17,18). The summed E-state index contributed by atoms with van der Waals surface area (Å²) in [6, 6.07) is 0. The topological polar surface area (TPSA) is 106 Å². The van der Waals surface area contributed by atoms with Crippen molar-refractivity contribution in [2.45, 2.75) is 19.9 Å². The lowest BCUT2D eigenvalue weighted by Crippen LogP contribution is -2.34. The van der Waals surface area contributed by atoms with Gasteiger partial charge in [-0.15, -0.1) is 11.3 Å². The van der Waals surface area contributed by atoms with Crippen molar-refractivity contribution in [2.24, 2.45) is 0 Å². The van der Waals surface area contributed by atoms with E-state index in [0.717, 1.165) is 5.01 Å². The smallest absolute Gasteiger partial charge is 0.330 e. The Labute approximate surface area is 113 Å². The summed E-state index contributed by atoms with van der Waals surface area (Å²) in [5.74, 6) is 0.162. The van der Waals surface area contributed by atoms with Crippen LogP contribution in [-0.4, -0.2) is 21.1 Å². The summed E-state index contributed by atoms with van der Waals surface area (Å²) in [4.78, 5) is 29.6. The Morgan fingerprint density at radius 1 is 1.53 bits per heavy atom. The van der Waals surface area contributed by atoms with Crippen molar-refractivity contribution < 1.29 is 0 Å². The Morgan fingerprint density at radius 2 is 2.32 bits per heavy atom. The van der Waals surface area contributed by atoms with Gasteiger partial charge in [0, 0.05) is 31.1 Å². The van der Waals surface area contributed by atoms with Crippen LogP contribution in [0.1, 0.15) is 11.9 Å². The van der Waals surface area contributed by atoms with Crippen molar-refractivity contribution in [2.75, 3.05) is 17.6 Å². The van der Waals surface area contributed by atoms with Gasteiger partial charge >= 0.3 is 5.69 Å². The summed E-state index contributed by atoms with van der Waals surface area (Å²) in [5, 5.41) is 5.83. The highest BCUT2D eigenvalue weighted by Crippen LogP contribution is 2.10. The van der Waals surface area contributed by atoms with E-state index in [2.05, 4.69) is 15.3 Å². The Hall–Kier alpha value is -2.09. The molecule has 2 aromatic rings. The van der Waals surface area contributed by atoms with E-state index >= 15 is 0 Å². The molecule has 0 unspecified atom stereocenters. The zero-order chi connectivity index (χ0) is 13.8. The fraction of sp³-hybridized carbons (Fsp3) is 0.364. The number of H-pyrrole nitrogens is 1. The molecule has 19 heavy (non-hydrogen) atoms. The van der Waals surface area contributed by atoms with Gasteiger partial charge in [0.2, 0.25) is 0 Å². The summed E-state index contributed by atoms with van der Waals surface area (Å²) in [7, 11) is 0. The molecule has 102 valence electrons. The highest BCUT2D eigenvalue weighted by molar-refractivity contribution is 7.09. The van der Waals surface area contributed by atoms with Crippen molar-refractivity contribution in [1.29, 1.82) is 0 Å². The first-order chi connectivity index (χ1) is 9.13. The second kappa shape index (κ2) is 5.70. The molecule has 0 amide bonds. The molecule has 0 aliphatic rings. The van der Waals surface area contributed by atoms with Crippen LogP contribution in [0.2, 0.25) is 0 Å². The fourth-order valence-electron chi connectivity index (χ4n) is 1.74. The normalized spacial score (nSPS) is 10.6. The summed E-state index contributed by atoms with van der Waals surface area (Å²) >= 11 is 1.55. The van der Waals surface area contributed by atoms with Gasteiger partial charge in [-0.2, -0.15) is 0 Å². The lowest BCUT2D eigenvalue weighted by Gasteiger charge is -2.11. The van der Waals surface area contributed by atoms with Crippen LogP contribution >= 0.6 is 11.3 Å². The molecule has 0 aliphatic heterocycles. The lowest BCUT2D eigenvalue weighted by molar-refractivity contribution is 0.706. The minimum atomic E-state index is -0.494. The third-order valence-corrected chi connectivity index (χ3v) is 3.52. The highest BCUT2D eigenvalue weighted by Gasteiger charge is 2.10. The van der Waals surface area contributed by atoms with Crippen LogP contribution in [0, 0.1) is 0 Å². The van der Waals surface area contributed by atoms with Crippen LogP contribution in [0.3, 0.4) is 0 Å². The van der Waals surface area contributed by atoms with Crippen molar-refractivity contribution in [1.82, 2.24) is 14.5 Å². The third kappa shape index (κ3) is 2.84. The maximum Gasteiger partial charge on any atom is 0.330 e. The van der Waals surface area contributed by atoms with Gasteiger partial charge in [-0.3, -0.25) is 14.3 Å². The molecule has 4 N–H and O–H groups in total. The molecule has 0 radical (unpaired) electrons. The van der Waals surface area contributed by atoms with Crippen molar-refractivity contribution in [3.8, 4) is 0 Å². The number of aromatic amines is 1. The van der Waals surface area contributed by atoms with Gasteiger partial charge in [-0.25, -0.2) is 9.78 Å². The number of nitrogens with two attached hydrogens (primary N) is 1. The number of hydrogen-bond donors (Lipinski definition) is 3. The summed E-state index contributed by atoms with van der Waals surface area (Å²) < 4.78 is 1.31. The molecule has 0 atom stereocenters. The van der Waals surface area contributed by atoms with Gasteiger partial charge in [0.05, 0.1) is 5.01 Å². The summed E-state index contributed by atoms with van der Waals surface area (Å²) in [5.41, 5.74) is 5.07. The number of rotatable bonds is 5. The van der Waals surface area contributed by atoms with Crippen LogP contribution in [0.25, 0.3) is 0 Å². The molecule has 0 saturated carbocycles. The van der Waals surface area contributed by atoms with Crippen LogP contribution < -0.4 is 22.3 Å². The molecule has 0 aliphatic carbocycles. The number of hydrogen-bond acceptors (Lipinski definition) is 6. The maximum atomic E-state index is 11.7. The molecule has 0 bridgehead atoms. The minimum absolute atomic E-state index is 0.162. The first kappa shape index (κ1) is 13.3. The van der Waals surface area contributed by atoms with Crippen LogP contribution in [0.5, 0.6) is 0 Å². The largest absolute Gasteiger partial charge is 0.383 e. The van der Waals surface area contributed by atoms with E-state index in [-0.39, 0.29) is 11.5 Å². The Kier molecular flexibility index (Phi) is 4.00. The number of thiazole rings is 1. The Bertz CT molecular complexity index is 659. The zero-order valence-corrected chi connectivity index (χ0v) is 11.3. The molecule has 0 spiro atoms. The van der Waals surface area contributed by atoms with E-state index in [1.807, 2.05) is 5.38 Å². The monoisotopic (exact) mass is 281 g/mol. The number of nitrogen functional groups attached to an aromatic ring is 1. The molecule has 0 saturated heterocycles. The molecule has 8 heteroatoms. The number of nitrogens with zero attached hydrogens (tertiary/aromatic N) is 2. The van der Waals surface area contributed by atoms with Crippen molar-refractivity contribution in [3.05, 3.63) is 37.4 Å². The van der Waals surface area contributed by atoms with Gasteiger partial charge in [0.1, 0.15) is 11.5 Å². The van der Waals surface area contributed by atoms with Crippen LogP contribution in [-0.2, 0) is 13.0 Å². The number of nitrogens with one attached hydrogen (secondary N) is 2. The first-order valence-corrected chi connectivity index (χ1v) is 6.76. The van der Waals surface area contributed by atoms with Crippen molar-refractivity contribution in [3.63, 3.8) is 0 Å². The summed E-state index contributed by atoms with van der Waals surface area (Å²) in [6.45, 7) is 2.72. The van der Waals surface area contributed by atoms with Crippen LogP contribution in [0.15, 0.2) is 21.2 Å². The van der Waals surface area contributed by atoms with Crippen molar-refractivity contribution >= 4 is 22.8 Å². The number of anilines is 2. The maximum absolute atomic E-state index is 11.7. The first-order valence-electron chi connectivity index (χ1n) is 5.88. The van der Waals surface area contributed by atoms with E-state index in [0.29, 0.717) is 19.5 Å². The SMILES string of the molecule is CCn1c(N)c(NCCc2nccs2)c(=O)[nH]c1=O. The predicted molar refractivity (Wildman–Crippen MR) is 75.7 cm³/mol. The van der Waals surface area contributed by atoms with Gasteiger partial charge in [-0.1, -0.05) is 0 Å². The Balaban J connectivity index is 2.16. The summed E-state index contributed by atoms with van der Waals surface area (Å²) in [6.07, 6.45) is 2.43. The third-order valence-electron chi connectivity index (χ3n) is 2.68. The van der Waals surface area contributed by atoms with Gasteiger partial charge in [0.25, 0.3) is 5.56 Å². The van der Waals surface area contributed by atoms with E-state index in [1.165, 1.54) is 4.57 Å². The molecule has 0 fully saturated rings. The lowest BCUT2D eigenvalue weighted by atomic mass is 10.4. The van der Waals surface area contributed by atoms with Gasteiger partial charge < -0.3 is 11.1 Å². The van der Waals surface area contributed by atoms with Crippen LogP contribution in [0.4, 0.5) is 11.5 Å². The predicted octanol–water partition coefficient (Wildman–Crippen LogP) is 0.250. The molecule has 0 aromatic carbocycles. The fourth-order valence-corrected chi connectivity index (χ4v) is 2.36. The highest BCUT2D eigenvalue weighted by atomic mass is 32.1. The van der Waals surface area contributed by atoms with E-state index < -0.39 is 11.2 Å². The molecule has 2 heterocycles. The molecular weight excluding hydrogens is 266 g/mol. The Morgan fingerprint density at radius 3 is 2.95 bits per heavy atom. The average Bonchev–Trinajstić information content (AvgIpc) is 2.86. The molecular formula is C11H15N5O2S. The second-order valence-electron chi connectivity index (χ2n) is 3.87. The van der Waals surface area contributed by atoms with E-state index in [1.54, 1.807) is 24.5 Å². The quantitative estimate of drug-likeness (QED) is 0.728. The number of aromatic nitrogens is 3. The van der Waals surface area contributed by atoms with E-state index in [4.69, 9.17) is 5.73 Å². The second-order valence-corrected chi connectivity index (χ2v) is 4.85. The average molecular weight is 281 g/mol. The van der Waals surface area contributed by atoms with E-state index in [9.17, 15) is 9.59 Å². The van der Waals surface area contributed by atoms with Gasteiger partial charge in [-0.05, 0) is 6.92 Å². The minimum Gasteiger partial charge on any atom is -0.383 e. The molecule has 2 aromatic heterocycles. The molecule has 7 nitrogen and oxygen atoms in total. The van der Waals surface area contributed by atoms with Gasteiger partial charge in [0.15, 0.2) is 0 Å². The molecule has 2 rings (SSSR count).